The summed E-state index contributed by atoms with van der Waals surface area (Å²) in [5.41, 5.74) is 4.19. The van der Waals surface area contributed by atoms with Crippen LogP contribution in [0.5, 0.6) is 0 Å². The van der Waals surface area contributed by atoms with E-state index in [4.69, 9.17) is 4.52 Å². The quantitative estimate of drug-likeness (QED) is 0.482. The molecule has 0 aliphatic rings. The molecule has 0 aliphatic heterocycles. The monoisotopic (exact) mass is 378 g/mol. The average Bonchev–Trinajstić information content (AvgIpc) is 3.32. The van der Waals surface area contributed by atoms with Crippen molar-refractivity contribution in [2.75, 3.05) is 0 Å². The Morgan fingerprint density at radius 3 is 2.67 bits per heavy atom. The molecule has 2 aromatic carbocycles. The van der Waals surface area contributed by atoms with Gasteiger partial charge in [0.1, 0.15) is 0 Å². The first-order valence-electron chi connectivity index (χ1n) is 8.53. The highest BCUT2D eigenvalue weighted by Crippen LogP contribution is 2.34. The molecule has 0 saturated carbocycles. The van der Waals surface area contributed by atoms with Crippen LogP contribution < -0.4 is 0 Å². The maximum atomic E-state index is 5.45. The van der Waals surface area contributed by atoms with Gasteiger partial charge >= 0.3 is 0 Å². The Bertz CT molecular complexity index is 1060. The number of hydrogen-bond acceptors (Lipinski definition) is 7. The number of hydrogen-bond donors (Lipinski definition) is 0. The molecule has 27 heavy (non-hydrogen) atoms. The molecular weight excluding hydrogens is 360 g/mol. The second kappa shape index (κ2) is 7.32. The first-order valence-corrected chi connectivity index (χ1v) is 9.41. The molecule has 0 spiro atoms. The molecule has 0 saturated heterocycles. The third-order valence-corrected chi connectivity index (χ3v) is 5.15. The van der Waals surface area contributed by atoms with Crippen LogP contribution in [-0.4, -0.2) is 30.3 Å². The van der Waals surface area contributed by atoms with E-state index in [0.717, 1.165) is 16.8 Å². The summed E-state index contributed by atoms with van der Waals surface area (Å²) in [6.45, 7) is 6.11. The van der Waals surface area contributed by atoms with E-state index in [1.165, 1.54) is 17.3 Å². The predicted octanol–water partition coefficient (Wildman–Crippen LogP) is 4.18. The molecule has 0 radical (unpaired) electrons. The van der Waals surface area contributed by atoms with Crippen LogP contribution in [-0.2, 0) is 0 Å². The molecule has 4 rings (SSSR count). The molecule has 0 bridgehead atoms. The minimum atomic E-state index is -0.0922. The van der Waals surface area contributed by atoms with Crippen molar-refractivity contribution in [3.8, 4) is 17.1 Å². The summed E-state index contributed by atoms with van der Waals surface area (Å²) < 4.78 is 7.20. The standard InChI is InChI=1S/C19H18N6OS/c1-12-9-10-16(13(2)11-12)25-19(21-23-24-25)27-14(3)18-20-17(22-26-18)15-7-5-4-6-8-15/h4-11,14H,1-3H3. The van der Waals surface area contributed by atoms with E-state index in [1.54, 1.807) is 4.68 Å². The van der Waals surface area contributed by atoms with Gasteiger partial charge in [-0.05, 0) is 42.8 Å². The summed E-state index contributed by atoms with van der Waals surface area (Å²) in [6, 6.07) is 15.9. The summed E-state index contributed by atoms with van der Waals surface area (Å²) in [6.07, 6.45) is 0. The molecule has 1 atom stereocenters. The fraction of sp³-hybridized carbons (Fsp3) is 0.211. The Morgan fingerprint density at radius 2 is 1.89 bits per heavy atom. The highest BCUT2D eigenvalue weighted by Gasteiger charge is 2.21. The fourth-order valence-electron chi connectivity index (χ4n) is 2.76. The molecule has 2 aromatic heterocycles. The molecule has 1 unspecified atom stereocenters. The lowest BCUT2D eigenvalue weighted by atomic mass is 10.1. The Balaban J connectivity index is 1.57. The first-order chi connectivity index (χ1) is 13.1. The van der Waals surface area contributed by atoms with Gasteiger partial charge < -0.3 is 4.52 Å². The van der Waals surface area contributed by atoms with Crippen molar-refractivity contribution in [2.45, 2.75) is 31.2 Å². The summed E-state index contributed by atoms with van der Waals surface area (Å²) in [4.78, 5) is 4.52. The van der Waals surface area contributed by atoms with E-state index in [1.807, 2.05) is 56.3 Å². The number of rotatable bonds is 5. The van der Waals surface area contributed by atoms with Gasteiger partial charge in [0, 0.05) is 5.56 Å². The Kier molecular flexibility index (Phi) is 4.72. The molecule has 8 heteroatoms. The van der Waals surface area contributed by atoms with E-state index in [9.17, 15) is 0 Å². The number of benzene rings is 2. The predicted molar refractivity (Wildman–Crippen MR) is 103 cm³/mol. The first kappa shape index (κ1) is 17.4. The molecule has 136 valence electrons. The topological polar surface area (TPSA) is 82.5 Å². The van der Waals surface area contributed by atoms with Gasteiger partial charge in [0.05, 0.1) is 10.9 Å². The largest absolute Gasteiger partial charge is 0.338 e. The summed E-state index contributed by atoms with van der Waals surface area (Å²) in [5, 5.41) is 16.8. The smallest absolute Gasteiger partial charge is 0.240 e. The van der Waals surface area contributed by atoms with Crippen molar-refractivity contribution >= 4 is 11.8 Å². The Morgan fingerprint density at radius 1 is 1.07 bits per heavy atom. The number of nitrogens with zero attached hydrogens (tertiary/aromatic N) is 6. The molecular formula is C19H18N6OS. The average molecular weight is 378 g/mol. The van der Waals surface area contributed by atoms with Crippen molar-refractivity contribution in [3.05, 3.63) is 65.5 Å². The van der Waals surface area contributed by atoms with Gasteiger partial charge in [-0.25, -0.2) is 0 Å². The van der Waals surface area contributed by atoms with Gasteiger partial charge in [-0.3, -0.25) is 0 Å². The fourth-order valence-corrected chi connectivity index (χ4v) is 3.59. The van der Waals surface area contributed by atoms with Crippen LogP contribution in [0.3, 0.4) is 0 Å². The van der Waals surface area contributed by atoms with Gasteiger partial charge in [0.2, 0.25) is 16.9 Å². The van der Waals surface area contributed by atoms with Crippen LogP contribution in [0, 0.1) is 13.8 Å². The van der Waals surface area contributed by atoms with E-state index < -0.39 is 0 Å². The van der Waals surface area contributed by atoms with Crippen LogP contribution in [0.25, 0.3) is 17.1 Å². The summed E-state index contributed by atoms with van der Waals surface area (Å²) in [5.74, 6) is 1.11. The van der Waals surface area contributed by atoms with Crippen molar-refractivity contribution in [2.24, 2.45) is 0 Å². The van der Waals surface area contributed by atoms with Crippen molar-refractivity contribution in [3.63, 3.8) is 0 Å². The lowest BCUT2D eigenvalue weighted by Gasteiger charge is -2.09. The second-order valence-corrected chi connectivity index (χ2v) is 7.55. The van der Waals surface area contributed by atoms with E-state index in [0.29, 0.717) is 16.9 Å². The highest BCUT2D eigenvalue weighted by atomic mass is 32.2. The summed E-state index contributed by atoms with van der Waals surface area (Å²) >= 11 is 1.48. The van der Waals surface area contributed by atoms with E-state index >= 15 is 0 Å². The number of aromatic nitrogens is 6. The molecule has 0 fully saturated rings. The normalized spacial score (nSPS) is 12.3. The maximum absolute atomic E-state index is 5.45. The van der Waals surface area contributed by atoms with Crippen LogP contribution >= 0.6 is 11.8 Å². The van der Waals surface area contributed by atoms with Crippen LogP contribution in [0.15, 0.2) is 58.2 Å². The number of aryl methyl sites for hydroxylation is 2. The van der Waals surface area contributed by atoms with Gasteiger partial charge in [-0.2, -0.15) is 9.67 Å². The number of tetrazole rings is 1. The lowest BCUT2D eigenvalue weighted by Crippen LogP contribution is -2.02. The van der Waals surface area contributed by atoms with E-state index in [2.05, 4.69) is 38.7 Å². The van der Waals surface area contributed by atoms with Gasteiger partial charge in [0.15, 0.2) is 0 Å². The molecule has 0 amide bonds. The third kappa shape index (κ3) is 3.61. The molecule has 7 nitrogen and oxygen atoms in total. The van der Waals surface area contributed by atoms with E-state index in [-0.39, 0.29) is 5.25 Å². The third-order valence-electron chi connectivity index (χ3n) is 4.13. The zero-order valence-corrected chi connectivity index (χ0v) is 16.0. The van der Waals surface area contributed by atoms with Gasteiger partial charge in [0.25, 0.3) is 0 Å². The van der Waals surface area contributed by atoms with Crippen LogP contribution in [0.1, 0.15) is 29.2 Å². The molecule has 0 N–H and O–H groups in total. The highest BCUT2D eigenvalue weighted by molar-refractivity contribution is 7.99. The SMILES string of the molecule is Cc1ccc(-n2nnnc2SC(C)c2nc(-c3ccccc3)no2)c(C)c1. The molecule has 4 aromatic rings. The Hall–Kier alpha value is -3.00. The van der Waals surface area contributed by atoms with Crippen LogP contribution in [0.4, 0.5) is 0 Å². The van der Waals surface area contributed by atoms with Crippen molar-refractivity contribution < 1.29 is 4.52 Å². The molecule has 2 heterocycles. The zero-order valence-electron chi connectivity index (χ0n) is 15.2. The van der Waals surface area contributed by atoms with Crippen LogP contribution in [0.2, 0.25) is 0 Å². The summed E-state index contributed by atoms with van der Waals surface area (Å²) in [7, 11) is 0. The maximum Gasteiger partial charge on any atom is 0.240 e. The minimum Gasteiger partial charge on any atom is -0.338 e. The van der Waals surface area contributed by atoms with Crippen molar-refractivity contribution in [1.29, 1.82) is 0 Å². The zero-order chi connectivity index (χ0) is 18.8. The van der Waals surface area contributed by atoms with Crippen molar-refractivity contribution in [1.82, 2.24) is 30.3 Å². The number of thioether (sulfide) groups is 1. The minimum absolute atomic E-state index is 0.0922. The second-order valence-electron chi connectivity index (χ2n) is 6.25. The Labute approximate surface area is 160 Å². The van der Waals surface area contributed by atoms with Gasteiger partial charge in [-0.1, -0.05) is 64.9 Å². The molecule has 0 aliphatic carbocycles. The van der Waals surface area contributed by atoms with Gasteiger partial charge in [-0.15, -0.1) is 5.10 Å². The lowest BCUT2D eigenvalue weighted by molar-refractivity contribution is 0.380.